The predicted molar refractivity (Wildman–Crippen MR) is 132 cm³/mol. The van der Waals surface area contributed by atoms with Crippen molar-refractivity contribution in [2.24, 2.45) is 5.92 Å². The maximum absolute atomic E-state index is 13.7. The zero-order chi connectivity index (χ0) is 24.6. The third kappa shape index (κ3) is 4.45. The van der Waals surface area contributed by atoms with Crippen LogP contribution in [0.15, 0.2) is 73.3 Å². The Bertz CT molecular complexity index is 1530. The molecule has 180 valence electrons. The SMILES string of the molecule is [O-][n+]1cc(-c2cc(Cl)ccc2-n2cnnn2)ccc1C(CC1CC1)c1ncc(-c2cccc(F)c2)[nH]1. The topological polar surface area (TPSA) is 99.2 Å². The second kappa shape index (κ2) is 9.16. The highest BCUT2D eigenvalue weighted by Crippen LogP contribution is 2.40. The molecule has 1 saturated carbocycles. The summed E-state index contributed by atoms with van der Waals surface area (Å²) in [6, 6.07) is 15.4. The number of aromatic amines is 1. The summed E-state index contributed by atoms with van der Waals surface area (Å²) in [4.78, 5) is 7.91. The van der Waals surface area contributed by atoms with Crippen LogP contribution in [0.2, 0.25) is 5.02 Å². The van der Waals surface area contributed by atoms with E-state index in [4.69, 9.17) is 11.6 Å². The van der Waals surface area contributed by atoms with Gasteiger partial charge in [0.25, 0.3) is 0 Å². The molecule has 0 aliphatic heterocycles. The summed E-state index contributed by atoms with van der Waals surface area (Å²) >= 11 is 6.27. The molecule has 2 aromatic carbocycles. The molecule has 3 aromatic heterocycles. The maximum Gasteiger partial charge on any atom is 0.203 e. The fourth-order valence-electron chi connectivity index (χ4n) is 4.51. The number of tetrazole rings is 1. The Morgan fingerprint density at radius 2 is 2.03 bits per heavy atom. The van der Waals surface area contributed by atoms with Gasteiger partial charge in [0.05, 0.1) is 17.6 Å². The second-order valence-corrected chi connectivity index (χ2v) is 9.44. The van der Waals surface area contributed by atoms with E-state index in [2.05, 4.69) is 25.5 Å². The molecule has 8 nitrogen and oxygen atoms in total. The van der Waals surface area contributed by atoms with Gasteiger partial charge in [-0.3, -0.25) is 0 Å². The average Bonchev–Trinajstić information content (AvgIpc) is 3.31. The molecule has 1 aliphatic carbocycles. The number of hydrogen-bond acceptors (Lipinski definition) is 5. The van der Waals surface area contributed by atoms with E-state index in [1.807, 2.05) is 24.3 Å². The van der Waals surface area contributed by atoms with E-state index in [1.54, 1.807) is 30.6 Å². The molecule has 10 heteroatoms. The van der Waals surface area contributed by atoms with Crippen LogP contribution in [0.3, 0.4) is 0 Å². The van der Waals surface area contributed by atoms with Crippen LogP contribution in [0.4, 0.5) is 4.39 Å². The van der Waals surface area contributed by atoms with Crippen molar-refractivity contribution in [3.63, 3.8) is 0 Å². The second-order valence-electron chi connectivity index (χ2n) is 9.01. The summed E-state index contributed by atoms with van der Waals surface area (Å²) in [5.41, 5.74) is 4.14. The first-order valence-electron chi connectivity index (χ1n) is 11.6. The lowest BCUT2D eigenvalue weighted by Gasteiger charge is -2.16. The van der Waals surface area contributed by atoms with Gasteiger partial charge in [0.1, 0.15) is 23.9 Å². The van der Waals surface area contributed by atoms with Gasteiger partial charge in [-0.15, -0.1) is 5.10 Å². The third-order valence-electron chi connectivity index (χ3n) is 6.49. The Hall–Kier alpha value is -4.11. The van der Waals surface area contributed by atoms with Crippen molar-refractivity contribution in [2.45, 2.75) is 25.2 Å². The minimum Gasteiger partial charge on any atom is -0.618 e. The van der Waals surface area contributed by atoms with E-state index < -0.39 is 0 Å². The number of halogens is 2. The van der Waals surface area contributed by atoms with Crippen molar-refractivity contribution >= 4 is 11.6 Å². The van der Waals surface area contributed by atoms with Crippen LogP contribution >= 0.6 is 11.6 Å². The van der Waals surface area contributed by atoms with Gasteiger partial charge < -0.3 is 10.2 Å². The highest BCUT2D eigenvalue weighted by Gasteiger charge is 2.33. The van der Waals surface area contributed by atoms with Crippen molar-refractivity contribution in [1.29, 1.82) is 0 Å². The molecule has 0 radical (unpaired) electrons. The molecule has 0 spiro atoms. The lowest BCUT2D eigenvalue weighted by Crippen LogP contribution is -2.34. The summed E-state index contributed by atoms with van der Waals surface area (Å²) in [5.74, 6) is 0.713. The first kappa shape index (κ1) is 22.4. The quantitative estimate of drug-likeness (QED) is 0.248. The molecule has 36 heavy (non-hydrogen) atoms. The predicted octanol–water partition coefficient (Wildman–Crippen LogP) is 5.08. The lowest BCUT2D eigenvalue weighted by atomic mass is 9.95. The molecule has 1 fully saturated rings. The van der Waals surface area contributed by atoms with Gasteiger partial charge in [0, 0.05) is 27.8 Å². The number of nitrogens with one attached hydrogen (secondary N) is 1. The van der Waals surface area contributed by atoms with Crippen LogP contribution in [0.5, 0.6) is 0 Å². The van der Waals surface area contributed by atoms with Gasteiger partial charge in [-0.1, -0.05) is 36.6 Å². The number of H-pyrrole nitrogens is 1. The zero-order valence-electron chi connectivity index (χ0n) is 19.1. The molecule has 3 heterocycles. The fourth-order valence-corrected chi connectivity index (χ4v) is 4.68. The fraction of sp³-hybridized carbons (Fsp3) is 0.192. The number of imidazole rings is 1. The van der Waals surface area contributed by atoms with Gasteiger partial charge >= 0.3 is 0 Å². The van der Waals surface area contributed by atoms with Crippen LogP contribution in [0, 0.1) is 16.9 Å². The Balaban J connectivity index is 1.38. The Kier molecular flexibility index (Phi) is 5.69. The molecule has 6 rings (SSSR count). The average molecular weight is 502 g/mol. The molecule has 1 unspecified atom stereocenters. The van der Waals surface area contributed by atoms with Gasteiger partial charge in [0.2, 0.25) is 5.69 Å². The van der Waals surface area contributed by atoms with Crippen LogP contribution in [-0.4, -0.2) is 30.2 Å². The smallest absolute Gasteiger partial charge is 0.203 e. The number of rotatable bonds is 7. The molecule has 1 aliphatic rings. The van der Waals surface area contributed by atoms with E-state index in [-0.39, 0.29) is 11.7 Å². The van der Waals surface area contributed by atoms with Crippen LogP contribution in [0.25, 0.3) is 28.1 Å². The molecule has 0 amide bonds. The number of benzene rings is 2. The zero-order valence-corrected chi connectivity index (χ0v) is 19.8. The number of pyridine rings is 1. The standard InChI is InChI=1S/C26H21ClFN7O/c27-19-7-9-24(34-15-30-32-33-34)21(12-19)18-6-8-25(35(36)14-18)22(10-16-4-5-16)26-29-13-23(31-26)17-2-1-3-20(28)11-17/h1-3,6-9,11-16,22H,4-5,10H2,(H,29,31). The number of aromatic nitrogens is 7. The Morgan fingerprint density at radius 1 is 1.14 bits per heavy atom. The van der Waals surface area contributed by atoms with Gasteiger partial charge in [-0.05, 0) is 59.2 Å². The number of nitrogens with zero attached hydrogens (tertiary/aromatic N) is 6. The molecule has 1 atom stereocenters. The highest BCUT2D eigenvalue weighted by molar-refractivity contribution is 6.31. The Morgan fingerprint density at radius 3 is 2.78 bits per heavy atom. The van der Waals surface area contributed by atoms with Crippen LogP contribution < -0.4 is 4.73 Å². The molecular weight excluding hydrogens is 481 g/mol. The van der Waals surface area contributed by atoms with Gasteiger partial charge in [0.15, 0.2) is 6.20 Å². The Labute approximate surface area is 211 Å². The summed E-state index contributed by atoms with van der Waals surface area (Å²) < 4.78 is 16.2. The minimum atomic E-state index is -0.312. The maximum atomic E-state index is 13.7. The lowest BCUT2D eigenvalue weighted by molar-refractivity contribution is -0.614. The van der Waals surface area contributed by atoms with E-state index in [0.29, 0.717) is 45.0 Å². The largest absolute Gasteiger partial charge is 0.618 e. The summed E-state index contributed by atoms with van der Waals surface area (Å²) in [6.45, 7) is 0. The summed E-state index contributed by atoms with van der Waals surface area (Å²) in [5, 5.41) is 25.3. The van der Waals surface area contributed by atoms with Crippen LogP contribution in [-0.2, 0) is 0 Å². The van der Waals surface area contributed by atoms with Crippen LogP contribution in [0.1, 0.15) is 36.7 Å². The first-order chi connectivity index (χ1) is 17.5. The molecule has 0 bridgehead atoms. The van der Waals surface area contributed by atoms with Crippen molar-refractivity contribution in [2.75, 3.05) is 0 Å². The molecule has 1 N–H and O–H groups in total. The first-order valence-corrected chi connectivity index (χ1v) is 12.0. The molecule has 0 saturated heterocycles. The normalized spacial score (nSPS) is 14.2. The number of hydrogen-bond donors (Lipinski definition) is 1. The third-order valence-corrected chi connectivity index (χ3v) is 6.73. The molecular formula is C26H21ClFN7O. The van der Waals surface area contributed by atoms with Crippen molar-refractivity contribution in [3.8, 4) is 28.1 Å². The van der Waals surface area contributed by atoms with Crippen molar-refractivity contribution in [1.82, 2.24) is 30.2 Å². The van der Waals surface area contributed by atoms with E-state index in [0.717, 1.165) is 29.6 Å². The van der Waals surface area contributed by atoms with Crippen molar-refractivity contribution in [3.05, 3.63) is 101 Å². The van der Waals surface area contributed by atoms with E-state index in [1.165, 1.54) is 23.1 Å². The molecule has 5 aromatic rings. The summed E-state index contributed by atoms with van der Waals surface area (Å²) in [6.07, 6.45) is 7.82. The van der Waals surface area contributed by atoms with E-state index in [9.17, 15) is 9.60 Å². The summed E-state index contributed by atoms with van der Waals surface area (Å²) in [7, 11) is 0. The highest BCUT2D eigenvalue weighted by atomic mass is 35.5. The van der Waals surface area contributed by atoms with Gasteiger partial charge in [-0.25, -0.2) is 9.37 Å². The van der Waals surface area contributed by atoms with Crippen molar-refractivity contribution < 1.29 is 9.12 Å². The monoisotopic (exact) mass is 501 g/mol. The minimum absolute atomic E-state index is 0.218. The van der Waals surface area contributed by atoms with Gasteiger partial charge in [-0.2, -0.15) is 9.41 Å². The van der Waals surface area contributed by atoms with E-state index >= 15 is 0 Å².